The zero-order chi connectivity index (χ0) is 12.3. The van der Waals surface area contributed by atoms with Crippen LogP contribution in [0.5, 0.6) is 0 Å². The Kier molecular flexibility index (Phi) is 4.22. The summed E-state index contributed by atoms with van der Waals surface area (Å²) < 4.78 is 0. The van der Waals surface area contributed by atoms with E-state index in [0.29, 0.717) is 11.8 Å². The molecule has 17 heavy (non-hydrogen) atoms. The minimum absolute atomic E-state index is 0.693. The molecule has 1 aromatic rings. The van der Waals surface area contributed by atoms with Crippen LogP contribution >= 0.6 is 0 Å². The Labute approximate surface area is 105 Å². The van der Waals surface area contributed by atoms with Gasteiger partial charge in [0, 0.05) is 0 Å². The van der Waals surface area contributed by atoms with Gasteiger partial charge >= 0.3 is 0 Å². The van der Waals surface area contributed by atoms with Crippen LogP contribution in [0.3, 0.4) is 0 Å². The Morgan fingerprint density at radius 2 is 1.65 bits per heavy atom. The van der Waals surface area contributed by atoms with Gasteiger partial charge in [-0.1, -0.05) is 48.6 Å². The highest BCUT2D eigenvalue weighted by Crippen LogP contribution is 2.36. The fourth-order valence-electron chi connectivity index (χ4n) is 3.33. The molecular formula is C16H25N. The summed E-state index contributed by atoms with van der Waals surface area (Å²) in [5, 5.41) is 0. The van der Waals surface area contributed by atoms with E-state index in [9.17, 15) is 0 Å². The molecule has 0 spiro atoms. The first kappa shape index (κ1) is 12.6. The van der Waals surface area contributed by atoms with E-state index in [1.54, 1.807) is 0 Å². The number of rotatable bonds is 2. The largest absolute Gasteiger partial charge is 0.330 e. The second-order valence-electron chi connectivity index (χ2n) is 5.66. The standard InChI is InChI=1S/C16H25N/c1-12-8-13(2)10-15(9-12)16-7-5-3-4-6-14(16)11-17/h8-10,14,16H,3-7,11,17H2,1-2H3. The molecule has 2 atom stereocenters. The van der Waals surface area contributed by atoms with Crippen molar-refractivity contribution >= 4 is 0 Å². The van der Waals surface area contributed by atoms with Crippen LogP contribution in [0.25, 0.3) is 0 Å². The quantitative estimate of drug-likeness (QED) is 0.767. The maximum absolute atomic E-state index is 5.98. The summed E-state index contributed by atoms with van der Waals surface area (Å²) in [5.74, 6) is 1.39. The van der Waals surface area contributed by atoms with Crippen LogP contribution in [0.4, 0.5) is 0 Å². The highest BCUT2D eigenvalue weighted by Gasteiger charge is 2.24. The number of aryl methyl sites for hydroxylation is 2. The predicted molar refractivity (Wildman–Crippen MR) is 74.3 cm³/mol. The van der Waals surface area contributed by atoms with Gasteiger partial charge in [-0.2, -0.15) is 0 Å². The normalized spacial score (nSPS) is 25.6. The molecule has 1 aliphatic rings. The smallest absolute Gasteiger partial charge is 0.00430 e. The van der Waals surface area contributed by atoms with Crippen molar-refractivity contribution in [3.63, 3.8) is 0 Å². The molecule has 94 valence electrons. The van der Waals surface area contributed by atoms with E-state index in [4.69, 9.17) is 5.73 Å². The summed E-state index contributed by atoms with van der Waals surface area (Å²) in [6, 6.07) is 6.99. The van der Waals surface area contributed by atoms with E-state index in [2.05, 4.69) is 32.0 Å². The average Bonchev–Trinajstić information content (AvgIpc) is 2.52. The molecule has 1 aliphatic carbocycles. The molecule has 0 radical (unpaired) electrons. The zero-order valence-electron chi connectivity index (χ0n) is 11.2. The van der Waals surface area contributed by atoms with Crippen molar-refractivity contribution in [3.05, 3.63) is 34.9 Å². The maximum Gasteiger partial charge on any atom is -0.00430 e. The van der Waals surface area contributed by atoms with Crippen LogP contribution in [-0.4, -0.2) is 6.54 Å². The summed E-state index contributed by atoms with van der Waals surface area (Å²) in [7, 11) is 0. The fourth-order valence-corrected chi connectivity index (χ4v) is 3.33. The van der Waals surface area contributed by atoms with Crippen LogP contribution in [0.2, 0.25) is 0 Å². The van der Waals surface area contributed by atoms with Gasteiger partial charge in [-0.25, -0.2) is 0 Å². The Bertz CT molecular complexity index is 350. The monoisotopic (exact) mass is 231 g/mol. The maximum atomic E-state index is 5.98. The van der Waals surface area contributed by atoms with Crippen molar-refractivity contribution in [1.29, 1.82) is 0 Å². The van der Waals surface area contributed by atoms with E-state index in [-0.39, 0.29) is 0 Å². The topological polar surface area (TPSA) is 26.0 Å². The third-order valence-corrected chi connectivity index (χ3v) is 4.13. The van der Waals surface area contributed by atoms with Crippen LogP contribution in [-0.2, 0) is 0 Å². The van der Waals surface area contributed by atoms with E-state index < -0.39 is 0 Å². The van der Waals surface area contributed by atoms with Gasteiger partial charge in [-0.3, -0.25) is 0 Å². The minimum atomic E-state index is 0.693. The summed E-state index contributed by atoms with van der Waals surface area (Å²) in [4.78, 5) is 0. The number of benzene rings is 1. The number of nitrogens with two attached hydrogens (primary N) is 1. The van der Waals surface area contributed by atoms with Gasteiger partial charge in [0.2, 0.25) is 0 Å². The first-order valence-corrected chi connectivity index (χ1v) is 6.99. The molecular weight excluding hydrogens is 206 g/mol. The summed E-state index contributed by atoms with van der Waals surface area (Å²) in [6.45, 7) is 5.24. The van der Waals surface area contributed by atoms with Crippen molar-refractivity contribution in [2.24, 2.45) is 11.7 Å². The second-order valence-corrected chi connectivity index (χ2v) is 5.66. The van der Waals surface area contributed by atoms with Gasteiger partial charge in [0.05, 0.1) is 0 Å². The molecule has 0 amide bonds. The molecule has 2 unspecified atom stereocenters. The summed E-state index contributed by atoms with van der Waals surface area (Å²) in [6.07, 6.45) is 6.76. The van der Waals surface area contributed by atoms with Gasteiger partial charge in [0.1, 0.15) is 0 Å². The van der Waals surface area contributed by atoms with Gasteiger partial charge in [-0.15, -0.1) is 0 Å². The second kappa shape index (κ2) is 5.68. The average molecular weight is 231 g/mol. The molecule has 0 aliphatic heterocycles. The lowest BCUT2D eigenvalue weighted by atomic mass is 9.81. The Morgan fingerprint density at radius 3 is 2.29 bits per heavy atom. The number of hydrogen-bond donors (Lipinski definition) is 1. The molecule has 1 fully saturated rings. The van der Waals surface area contributed by atoms with Crippen molar-refractivity contribution in [2.45, 2.75) is 51.9 Å². The van der Waals surface area contributed by atoms with Gasteiger partial charge < -0.3 is 5.73 Å². The Balaban J connectivity index is 2.27. The predicted octanol–water partition coefficient (Wildman–Crippen LogP) is 3.93. The molecule has 1 heteroatoms. The zero-order valence-corrected chi connectivity index (χ0v) is 11.2. The van der Waals surface area contributed by atoms with E-state index in [1.807, 2.05) is 0 Å². The molecule has 2 rings (SSSR count). The first-order valence-electron chi connectivity index (χ1n) is 6.99. The molecule has 0 heterocycles. The molecule has 1 aromatic carbocycles. The molecule has 1 nitrogen and oxygen atoms in total. The van der Waals surface area contributed by atoms with Crippen molar-refractivity contribution < 1.29 is 0 Å². The minimum Gasteiger partial charge on any atom is -0.330 e. The van der Waals surface area contributed by atoms with Crippen molar-refractivity contribution in [3.8, 4) is 0 Å². The van der Waals surface area contributed by atoms with Crippen LogP contribution in [0.15, 0.2) is 18.2 Å². The Hall–Kier alpha value is -0.820. The molecule has 2 N–H and O–H groups in total. The summed E-state index contributed by atoms with van der Waals surface area (Å²) >= 11 is 0. The lowest BCUT2D eigenvalue weighted by Crippen LogP contribution is -2.21. The third-order valence-electron chi connectivity index (χ3n) is 4.13. The molecule has 0 bridgehead atoms. The first-order chi connectivity index (χ1) is 8.20. The van der Waals surface area contributed by atoms with E-state index in [0.717, 1.165) is 6.54 Å². The van der Waals surface area contributed by atoms with E-state index in [1.165, 1.54) is 48.8 Å². The SMILES string of the molecule is Cc1cc(C)cc(C2CCCCCC2CN)c1. The lowest BCUT2D eigenvalue weighted by molar-refractivity contribution is 0.408. The molecule has 1 saturated carbocycles. The van der Waals surface area contributed by atoms with Gasteiger partial charge in [0.15, 0.2) is 0 Å². The Morgan fingerprint density at radius 1 is 1.00 bits per heavy atom. The third kappa shape index (κ3) is 3.10. The van der Waals surface area contributed by atoms with Gasteiger partial charge in [-0.05, 0) is 50.6 Å². The van der Waals surface area contributed by atoms with Crippen LogP contribution in [0, 0.1) is 19.8 Å². The highest BCUT2D eigenvalue weighted by atomic mass is 14.6. The fraction of sp³-hybridized carbons (Fsp3) is 0.625. The van der Waals surface area contributed by atoms with Crippen molar-refractivity contribution in [1.82, 2.24) is 0 Å². The highest BCUT2D eigenvalue weighted by molar-refractivity contribution is 5.31. The molecule has 0 aromatic heterocycles. The lowest BCUT2D eigenvalue weighted by Gasteiger charge is -2.25. The van der Waals surface area contributed by atoms with Gasteiger partial charge in [0.25, 0.3) is 0 Å². The van der Waals surface area contributed by atoms with Crippen LogP contribution in [0.1, 0.15) is 54.7 Å². The van der Waals surface area contributed by atoms with Crippen molar-refractivity contribution in [2.75, 3.05) is 6.54 Å². The summed E-state index contributed by atoms with van der Waals surface area (Å²) in [5.41, 5.74) is 10.3. The van der Waals surface area contributed by atoms with Crippen LogP contribution < -0.4 is 5.73 Å². The molecule has 0 saturated heterocycles. The number of hydrogen-bond acceptors (Lipinski definition) is 1. The van der Waals surface area contributed by atoms with E-state index >= 15 is 0 Å².